The molecule has 2 nitrogen and oxygen atoms in total. The molecule has 0 amide bonds. The monoisotopic (exact) mass is 360 g/mol. The molecule has 1 aliphatic heterocycles. The zero-order valence-corrected chi connectivity index (χ0v) is 15.8. The van der Waals surface area contributed by atoms with Crippen molar-refractivity contribution in [2.75, 3.05) is 17.8 Å². The normalized spacial score (nSPS) is 26.6. The van der Waals surface area contributed by atoms with Gasteiger partial charge in [-0.1, -0.05) is 49.4 Å². The molecule has 1 N–H and O–H groups in total. The van der Waals surface area contributed by atoms with Crippen molar-refractivity contribution in [2.45, 2.75) is 36.0 Å². The number of hydrogen-bond donors (Lipinski definition) is 1. The van der Waals surface area contributed by atoms with Gasteiger partial charge in [0, 0.05) is 17.1 Å². The Balaban J connectivity index is 1.93. The molecule has 0 saturated carbocycles. The molecular formula is C20H24O2S2. The third-order valence-electron chi connectivity index (χ3n) is 4.50. The molecule has 2 aromatic rings. The van der Waals surface area contributed by atoms with E-state index in [9.17, 15) is 5.11 Å². The lowest BCUT2D eigenvalue weighted by Gasteiger charge is -2.29. The fraction of sp³-hybridized carbons (Fsp3) is 0.400. The SMILES string of the molecule is CCSC[C@H]1C[C@@](O)(c2ccc(SC)cc2)[C@H](c2ccccc2)O1. The fourth-order valence-corrected chi connectivity index (χ4v) is 4.39. The van der Waals surface area contributed by atoms with Crippen molar-refractivity contribution in [1.82, 2.24) is 0 Å². The smallest absolute Gasteiger partial charge is 0.122 e. The molecule has 3 atom stereocenters. The number of aliphatic hydroxyl groups is 1. The third-order valence-corrected chi connectivity index (χ3v) is 6.26. The molecule has 128 valence electrons. The number of ether oxygens (including phenoxy) is 1. The van der Waals surface area contributed by atoms with Gasteiger partial charge in [0.1, 0.15) is 11.7 Å². The average molecular weight is 361 g/mol. The van der Waals surface area contributed by atoms with Crippen molar-refractivity contribution in [1.29, 1.82) is 0 Å². The van der Waals surface area contributed by atoms with Gasteiger partial charge in [0.05, 0.1) is 6.10 Å². The maximum atomic E-state index is 11.6. The van der Waals surface area contributed by atoms with Gasteiger partial charge in [0.2, 0.25) is 0 Å². The van der Waals surface area contributed by atoms with E-state index in [4.69, 9.17) is 4.74 Å². The highest BCUT2D eigenvalue weighted by Gasteiger charge is 2.49. The van der Waals surface area contributed by atoms with Crippen LogP contribution in [0.2, 0.25) is 0 Å². The van der Waals surface area contributed by atoms with Gasteiger partial charge in [-0.15, -0.1) is 11.8 Å². The lowest BCUT2D eigenvalue weighted by molar-refractivity contribution is -0.0515. The van der Waals surface area contributed by atoms with E-state index in [2.05, 4.69) is 25.3 Å². The number of hydrogen-bond acceptors (Lipinski definition) is 4. The Morgan fingerprint density at radius 3 is 2.46 bits per heavy atom. The highest BCUT2D eigenvalue weighted by Crippen LogP contribution is 2.48. The highest BCUT2D eigenvalue weighted by atomic mass is 32.2. The zero-order chi connectivity index (χ0) is 17.0. The van der Waals surface area contributed by atoms with Crippen molar-refractivity contribution in [3.8, 4) is 0 Å². The quantitative estimate of drug-likeness (QED) is 0.744. The van der Waals surface area contributed by atoms with Gasteiger partial charge < -0.3 is 9.84 Å². The lowest BCUT2D eigenvalue weighted by atomic mass is 9.83. The topological polar surface area (TPSA) is 29.5 Å². The summed E-state index contributed by atoms with van der Waals surface area (Å²) in [6.07, 6.45) is 2.46. The number of thioether (sulfide) groups is 2. The first-order valence-electron chi connectivity index (χ1n) is 8.32. The minimum Gasteiger partial charge on any atom is -0.382 e. The standard InChI is InChI=1S/C20H24O2S2/c1-3-24-14-17-13-20(21,16-9-11-18(23-2)12-10-16)19(22-17)15-7-5-4-6-8-15/h4-12,17,19,21H,3,13-14H2,1-2H3/t17-,19+,20-/m1/s1. The zero-order valence-electron chi connectivity index (χ0n) is 14.1. The first-order chi connectivity index (χ1) is 11.7. The molecule has 24 heavy (non-hydrogen) atoms. The van der Waals surface area contributed by atoms with Crippen LogP contribution in [0, 0.1) is 0 Å². The van der Waals surface area contributed by atoms with E-state index in [1.54, 1.807) is 11.8 Å². The number of rotatable bonds is 6. The third kappa shape index (κ3) is 3.67. The van der Waals surface area contributed by atoms with Crippen LogP contribution in [0.1, 0.15) is 30.6 Å². The van der Waals surface area contributed by atoms with Gasteiger partial charge >= 0.3 is 0 Å². The molecule has 4 heteroatoms. The maximum absolute atomic E-state index is 11.6. The Hall–Kier alpha value is -0.940. The van der Waals surface area contributed by atoms with Crippen LogP contribution in [0.15, 0.2) is 59.5 Å². The Morgan fingerprint density at radius 1 is 1.12 bits per heavy atom. The van der Waals surface area contributed by atoms with Crippen LogP contribution in [-0.4, -0.2) is 29.0 Å². The molecule has 0 unspecified atom stereocenters. The first kappa shape index (κ1) is 17.9. The van der Waals surface area contributed by atoms with Crippen molar-refractivity contribution < 1.29 is 9.84 Å². The Labute approximate surface area is 153 Å². The Kier molecular flexibility index (Phi) is 5.93. The van der Waals surface area contributed by atoms with Crippen LogP contribution < -0.4 is 0 Å². The van der Waals surface area contributed by atoms with E-state index in [1.807, 2.05) is 54.2 Å². The molecule has 0 bridgehead atoms. The summed E-state index contributed by atoms with van der Waals surface area (Å²) in [4.78, 5) is 1.20. The summed E-state index contributed by atoms with van der Waals surface area (Å²) in [5.74, 6) is 1.99. The number of benzene rings is 2. The van der Waals surface area contributed by atoms with Crippen LogP contribution >= 0.6 is 23.5 Å². The van der Waals surface area contributed by atoms with Gasteiger partial charge in [-0.05, 0) is 35.3 Å². The van der Waals surface area contributed by atoms with Crippen LogP contribution in [0.25, 0.3) is 0 Å². The van der Waals surface area contributed by atoms with Crippen molar-refractivity contribution in [3.05, 3.63) is 65.7 Å². The highest BCUT2D eigenvalue weighted by molar-refractivity contribution is 7.99. The molecular weight excluding hydrogens is 336 g/mol. The molecule has 3 rings (SSSR count). The van der Waals surface area contributed by atoms with Crippen LogP contribution in [0.3, 0.4) is 0 Å². The summed E-state index contributed by atoms with van der Waals surface area (Å²) >= 11 is 3.58. The summed E-state index contributed by atoms with van der Waals surface area (Å²) in [6.45, 7) is 2.15. The first-order valence-corrected chi connectivity index (χ1v) is 10.7. The molecule has 1 aliphatic rings. The van der Waals surface area contributed by atoms with E-state index in [-0.39, 0.29) is 12.2 Å². The van der Waals surface area contributed by atoms with E-state index < -0.39 is 5.60 Å². The van der Waals surface area contributed by atoms with Gasteiger partial charge in [-0.2, -0.15) is 11.8 Å². The Bertz CT molecular complexity index is 644. The van der Waals surface area contributed by atoms with Crippen LogP contribution in [0.5, 0.6) is 0 Å². The molecule has 1 saturated heterocycles. The summed E-state index contributed by atoms with van der Waals surface area (Å²) < 4.78 is 6.30. The lowest BCUT2D eigenvalue weighted by Crippen LogP contribution is -2.29. The summed E-state index contributed by atoms with van der Waals surface area (Å²) in [5, 5.41) is 11.6. The predicted octanol–water partition coefficient (Wildman–Crippen LogP) is 4.88. The largest absolute Gasteiger partial charge is 0.382 e. The van der Waals surface area contributed by atoms with E-state index in [1.165, 1.54) is 4.90 Å². The van der Waals surface area contributed by atoms with E-state index in [0.29, 0.717) is 6.42 Å². The van der Waals surface area contributed by atoms with E-state index >= 15 is 0 Å². The molecule has 0 spiro atoms. The van der Waals surface area contributed by atoms with Gasteiger partial charge in [-0.25, -0.2) is 0 Å². The Morgan fingerprint density at radius 2 is 1.83 bits per heavy atom. The van der Waals surface area contributed by atoms with Gasteiger partial charge in [-0.3, -0.25) is 0 Å². The minimum atomic E-state index is -0.975. The van der Waals surface area contributed by atoms with Crippen LogP contribution in [-0.2, 0) is 10.3 Å². The predicted molar refractivity (Wildman–Crippen MR) is 104 cm³/mol. The van der Waals surface area contributed by atoms with Gasteiger partial charge in [0.15, 0.2) is 0 Å². The second-order valence-electron chi connectivity index (χ2n) is 6.07. The van der Waals surface area contributed by atoms with Crippen molar-refractivity contribution in [2.24, 2.45) is 0 Å². The van der Waals surface area contributed by atoms with Crippen molar-refractivity contribution in [3.63, 3.8) is 0 Å². The second kappa shape index (κ2) is 7.96. The minimum absolute atomic E-state index is 0.0744. The maximum Gasteiger partial charge on any atom is 0.122 e. The molecule has 0 aliphatic carbocycles. The van der Waals surface area contributed by atoms with Gasteiger partial charge in [0.25, 0.3) is 0 Å². The molecule has 2 aromatic carbocycles. The summed E-state index contributed by atoms with van der Waals surface area (Å²) in [5.41, 5.74) is 1.01. The fourth-order valence-electron chi connectivity index (χ4n) is 3.29. The van der Waals surface area contributed by atoms with Crippen molar-refractivity contribution >= 4 is 23.5 Å². The molecule has 0 radical (unpaired) electrons. The average Bonchev–Trinajstić information content (AvgIpc) is 2.98. The second-order valence-corrected chi connectivity index (χ2v) is 8.26. The van der Waals surface area contributed by atoms with E-state index in [0.717, 1.165) is 22.6 Å². The molecule has 0 aromatic heterocycles. The van der Waals surface area contributed by atoms with Crippen LogP contribution in [0.4, 0.5) is 0 Å². The summed E-state index contributed by atoms with van der Waals surface area (Å²) in [6, 6.07) is 18.3. The molecule has 1 fully saturated rings. The molecule has 1 heterocycles. The summed E-state index contributed by atoms with van der Waals surface area (Å²) in [7, 11) is 0.